The Labute approximate surface area is 130 Å². The van der Waals surface area contributed by atoms with Gasteiger partial charge in [-0.15, -0.1) is 24.0 Å². The molecule has 0 aromatic carbocycles. The third-order valence-electron chi connectivity index (χ3n) is 2.59. The number of guanidine groups is 1. The maximum Gasteiger partial charge on any atom is 0.195 e. The number of rotatable bonds is 6. The predicted octanol–water partition coefficient (Wildman–Crippen LogP) is 2.53. The van der Waals surface area contributed by atoms with Gasteiger partial charge in [0.1, 0.15) is 0 Å². The highest BCUT2D eigenvalue weighted by atomic mass is 127. The van der Waals surface area contributed by atoms with Gasteiger partial charge in [-0.1, -0.05) is 13.8 Å². The lowest BCUT2D eigenvalue weighted by Gasteiger charge is -2.24. The van der Waals surface area contributed by atoms with Crippen LogP contribution in [0.25, 0.3) is 0 Å². The van der Waals surface area contributed by atoms with E-state index >= 15 is 0 Å². The minimum absolute atomic E-state index is 0. The van der Waals surface area contributed by atoms with Crippen LogP contribution >= 0.6 is 24.0 Å². The van der Waals surface area contributed by atoms with Gasteiger partial charge in [-0.25, -0.2) is 0 Å². The molecule has 0 spiro atoms. The van der Waals surface area contributed by atoms with Crippen LogP contribution in [0.4, 0.5) is 0 Å². The van der Waals surface area contributed by atoms with E-state index < -0.39 is 0 Å². The minimum Gasteiger partial charge on any atom is -0.378 e. The molecule has 0 aliphatic heterocycles. The van der Waals surface area contributed by atoms with Crippen LogP contribution in [0.15, 0.2) is 4.99 Å². The summed E-state index contributed by atoms with van der Waals surface area (Å²) in [6.45, 7) is 8.03. The fraction of sp³-hybridized carbons (Fsp3) is 0.923. The van der Waals surface area contributed by atoms with Gasteiger partial charge in [0.05, 0.1) is 6.10 Å². The molecule has 1 unspecified atom stereocenters. The lowest BCUT2D eigenvalue weighted by atomic mass is 10.0. The van der Waals surface area contributed by atoms with E-state index in [1.165, 1.54) is 0 Å². The molecule has 0 N–H and O–H groups in total. The van der Waals surface area contributed by atoms with Crippen molar-refractivity contribution in [3.8, 4) is 0 Å². The molecule has 18 heavy (non-hydrogen) atoms. The van der Waals surface area contributed by atoms with Crippen molar-refractivity contribution in [3.05, 3.63) is 0 Å². The molecule has 0 heterocycles. The maximum absolute atomic E-state index is 5.71. The molecule has 110 valence electrons. The van der Waals surface area contributed by atoms with Crippen LogP contribution < -0.4 is 0 Å². The fourth-order valence-electron chi connectivity index (χ4n) is 1.80. The molecule has 0 radical (unpaired) electrons. The highest BCUT2D eigenvalue weighted by molar-refractivity contribution is 14.0. The second-order valence-electron chi connectivity index (χ2n) is 5.00. The van der Waals surface area contributed by atoms with Crippen molar-refractivity contribution in [2.24, 2.45) is 10.9 Å². The number of hydrogen-bond acceptors (Lipinski definition) is 2. The summed E-state index contributed by atoms with van der Waals surface area (Å²) >= 11 is 0. The maximum atomic E-state index is 5.71. The highest BCUT2D eigenvalue weighted by Gasteiger charge is 2.13. The Bertz CT molecular complexity index is 220. The van der Waals surface area contributed by atoms with Crippen molar-refractivity contribution in [1.82, 2.24) is 9.80 Å². The van der Waals surface area contributed by atoms with Crippen molar-refractivity contribution < 1.29 is 4.74 Å². The third kappa shape index (κ3) is 8.13. The summed E-state index contributed by atoms with van der Waals surface area (Å²) in [4.78, 5) is 8.68. The molecule has 5 heteroatoms. The monoisotopic (exact) mass is 371 g/mol. The molecule has 0 aromatic rings. The van der Waals surface area contributed by atoms with Gasteiger partial charge in [0.2, 0.25) is 0 Å². The van der Waals surface area contributed by atoms with E-state index in [0.29, 0.717) is 12.0 Å². The van der Waals surface area contributed by atoms with Gasteiger partial charge < -0.3 is 14.5 Å². The Kier molecular flexibility index (Phi) is 12.2. The van der Waals surface area contributed by atoms with Gasteiger partial charge in [0.15, 0.2) is 5.96 Å². The normalized spacial score (nSPS) is 11.8. The largest absolute Gasteiger partial charge is 0.378 e. The quantitative estimate of drug-likeness (QED) is 0.408. The van der Waals surface area contributed by atoms with Crippen LogP contribution in [0.2, 0.25) is 0 Å². The van der Waals surface area contributed by atoms with Crippen molar-refractivity contribution in [2.75, 3.05) is 41.3 Å². The number of halogens is 1. The second-order valence-corrected chi connectivity index (χ2v) is 5.00. The SMILES string of the molecule is CCOC(CCN=C(N(C)C)N(C)C)C(C)C.I. The molecule has 0 aliphatic carbocycles. The Morgan fingerprint density at radius 1 is 1.11 bits per heavy atom. The van der Waals surface area contributed by atoms with E-state index in [0.717, 1.165) is 25.5 Å². The number of nitrogens with zero attached hydrogens (tertiary/aromatic N) is 3. The third-order valence-corrected chi connectivity index (χ3v) is 2.59. The molecule has 0 saturated carbocycles. The lowest BCUT2D eigenvalue weighted by molar-refractivity contribution is 0.0266. The van der Waals surface area contributed by atoms with E-state index in [4.69, 9.17) is 4.74 Å². The van der Waals surface area contributed by atoms with Gasteiger partial charge in [-0.3, -0.25) is 4.99 Å². The van der Waals surface area contributed by atoms with Gasteiger partial charge in [-0.2, -0.15) is 0 Å². The zero-order chi connectivity index (χ0) is 13.4. The molecule has 0 saturated heterocycles. The molecular formula is C13H30IN3O. The zero-order valence-electron chi connectivity index (χ0n) is 12.9. The standard InChI is InChI=1S/C13H29N3O.HI/c1-8-17-12(11(2)3)9-10-14-13(15(4)5)16(6)7;/h11-12H,8-10H2,1-7H3;1H. The Morgan fingerprint density at radius 2 is 1.61 bits per heavy atom. The predicted molar refractivity (Wildman–Crippen MR) is 90.0 cm³/mol. The molecule has 0 aromatic heterocycles. The topological polar surface area (TPSA) is 28.1 Å². The number of hydrogen-bond donors (Lipinski definition) is 0. The molecule has 0 amide bonds. The Hall–Kier alpha value is -0.0400. The van der Waals surface area contributed by atoms with E-state index in [1.807, 2.05) is 44.9 Å². The summed E-state index contributed by atoms with van der Waals surface area (Å²) in [7, 11) is 8.06. The van der Waals surface area contributed by atoms with Crippen LogP contribution in [0, 0.1) is 5.92 Å². The summed E-state index contributed by atoms with van der Waals surface area (Å²) in [6, 6.07) is 0. The molecular weight excluding hydrogens is 341 g/mol. The summed E-state index contributed by atoms with van der Waals surface area (Å²) in [6.07, 6.45) is 1.30. The first-order valence-corrected chi connectivity index (χ1v) is 6.40. The summed E-state index contributed by atoms with van der Waals surface area (Å²) in [5, 5.41) is 0. The van der Waals surface area contributed by atoms with Gasteiger partial charge in [0, 0.05) is 41.3 Å². The number of aliphatic imine (C=N–C) groups is 1. The zero-order valence-corrected chi connectivity index (χ0v) is 15.3. The van der Waals surface area contributed by atoms with E-state index in [1.54, 1.807) is 0 Å². The van der Waals surface area contributed by atoms with Gasteiger partial charge >= 0.3 is 0 Å². The molecule has 0 bridgehead atoms. The highest BCUT2D eigenvalue weighted by Crippen LogP contribution is 2.11. The van der Waals surface area contributed by atoms with Crippen LogP contribution in [0.3, 0.4) is 0 Å². The molecule has 0 aliphatic rings. The molecule has 1 atom stereocenters. The molecule has 0 fully saturated rings. The van der Waals surface area contributed by atoms with Crippen molar-refractivity contribution in [3.63, 3.8) is 0 Å². The van der Waals surface area contributed by atoms with Crippen molar-refractivity contribution >= 4 is 29.9 Å². The van der Waals surface area contributed by atoms with Crippen LogP contribution in [-0.2, 0) is 4.74 Å². The first-order valence-electron chi connectivity index (χ1n) is 6.40. The first kappa shape index (κ1) is 20.3. The van der Waals surface area contributed by atoms with Crippen molar-refractivity contribution in [2.45, 2.75) is 33.3 Å². The minimum atomic E-state index is 0. The van der Waals surface area contributed by atoms with Gasteiger partial charge in [0.25, 0.3) is 0 Å². The van der Waals surface area contributed by atoms with E-state index in [9.17, 15) is 0 Å². The van der Waals surface area contributed by atoms with Crippen LogP contribution in [0.1, 0.15) is 27.2 Å². The Morgan fingerprint density at radius 3 is 1.94 bits per heavy atom. The van der Waals surface area contributed by atoms with E-state index in [-0.39, 0.29) is 24.0 Å². The number of ether oxygens (including phenoxy) is 1. The average Bonchev–Trinajstić information content (AvgIpc) is 2.20. The fourth-order valence-corrected chi connectivity index (χ4v) is 1.80. The first-order chi connectivity index (χ1) is 7.90. The Balaban J connectivity index is 0. The molecule has 0 rings (SSSR count). The average molecular weight is 371 g/mol. The van der Waals surface area contributed by atoms with E-state index in [2.05, 4.69) is 18.8 Å². The molecule has 4 nitrogen and oxygen atoms in total. The van der Waals surface area contributed by atoms with Gasteiger partial charge in [-0.05, 0) is 19.3 Å². The van der Waals surface area contributed by atoms with Crippen LogP contribution in [-0.4, -0.2) is 63.2 Å². The van der Waals surface area contributed by atoms with Crippen LogP contribution in [0.5, 0.6) is 0 Å². The summed E-state index contributed by atoms with van der Waals surface area (Å²) in [5.74, 6) is 1.55. The lowest BCUT2D eigenvalue weighted by Crippen LogP contribution is -2.35. The van der Waals surface area contributed by atoms with Crippen molar-refractivity contribution in [1.29, 1.82) is 0 Å². The summed E-state index contributed by atoms with van der Waals surface area (Å²) in [5.41, 5.74) is 0. The second kappa shape index (κ2) is 10.8. The summed E-state index contributed by atoms with van der Waals surface area (Å²) < 4.78 is 5.71. The smallest absolute Gasteiger partial charge is 0.195 e.